The van der Waals surface area contributed by atoms with Gasteiger partial charge in [-0.1, -0.05) is 48.5 Å². The molecule has 0 saturated heterocycles. The van der Waals surface area contributed by atoms with E-state index < -0.39 is 5.91 Å². The Hall–Kier alpha value is -3.43. The van der Waals surface area contributed by atoms with E-state index in [0.717, 1.165) is 5.56 Å². The topological polar surface area (TPSA) is 62.1 Å². The highest BCUT2D eigenvalue weighted by atomic mass is 79.9. The highest BCUT2D eigenvalue weighted by Crippen LogP contribution is 2.28. The summed E-state index contributed by atoms with van der Waals surface area (Å²) >= 11 is 3.44. The first kappa shape index (κ1) is 22.3. The van der Waals surface area contributed by atoms with Crippen molar-refractivity contribution in [2.45, 2.75) is 19.6 Å². The fraction of sp³-hybridized carbons (Fsp3) is 0.120. The second-order valence-electron chi connectivity index (χ2n) is 6.88. The molecule has 0 aliphatic carbocycles. The average Bonchev–Trinajstić information content (AvgIpc) is 2.77. The molecule has 1 N–H and O–H groups in total. The molecular formula is C25H20BrFN2O2. The number of halogens is 2. The molecular weight excluding hydrogens is 459 g/mol. The zero-order valence-corrected chi connectivity index (χ0v) is 18.4. The molecule has 156 valence electrons. The van der Waals surface area contributed by atoms with Gasteiger partial charge in [0.25, 0.3) is 5.91 Å². The minimum atomic E-state index is -0.443. The van der Waals surface area contributed by atoms with Crippen LogP contribution in [0.5, 0.6) is 5.75 Å². The highest BCUT2D eigenvalue weighted by molar-refractivity contribution is 9.10. The molecule has 0 aromatic heterocycles. The van der Waals surface area contributed by atoms with Crippen molar-refractivity contribution < 1.29 is 13.9 Å². The molecule has 3 aromatic carbocycles. The average molecular weight is 479 g/mol. The van der Waals surface area contributed by atoms with Gasteiger partial charge in [0.15, 0.2) is 0 Å². The number of hydrogen-bond acceptors (Lipinski definition) is 3. The first-order valence-corrected chi connectivity index (χ1v) is 10.4. The number of amides is 1. The minimum Gasteiger partial charge on any atom is -0.488 e. The van der Waals surface area contributed by atoms with Gasteiger partial charge in [0, 0.05) is 0 Å². The molecule has 4 nitrogen and oxygen atoms in total. The van der Waals surface area contributed by atoms with Crippen molar-refractivity contribution in [1.82, 2.24) is 5.32 Å². The number of hydrogen-bond donors (Lipinski definition) is 1. The Labute approximate surface area is 189 Å². The lowest BCUT2D eigenvalue weighted by molar-refractivity contribution is -0.117. The zero-order chi connectivity index (χ0) is 22.2. The van der Waals surface area contributed by atoms with Crippen molar-refractivity contribution in [3.8, 4) is 11.8 Å². The van der Waals surface area contributed by atoms with Crippen molar-refractivity contribution >= 4 is 27.9 Å². The zero-order valence-electron chi connectivity index (χ0n) is 16.8. The van der Waals surface area contributed by atoms with Gasteiger partial charge in [-0.15, -0.1) is 0 Å². The Balaban J connectivity index is 1.68. The Kier molecular flexibility index (Phi) is 7.58. The third-order valence-corrected chi connectivity index (χ3v) is 5.18. The van der Waals surface area contributed by atoms with E-state index in [1.807, 2.05) is 43.3 Å². The Morgan fingerprint density at radius 3 is 2.61 bits per heavy atom. The van der Waals surface area contributed by atoms with Crippen molar-refractivity contribution in [3.63, 3.8) is 0 Å². The van der Waals surface area contributed by atoms with E-state index in [2.05, 4.69) is 21.2 Å². The van der Waals surface area contributed by atoms with Gasteiger partial charge in [0.05, 0.1) is 10.5 Å². The maximum atomic E-state index is 13.3. The van der Waals surface area contributed by atoms with Gasteiger partial charge in [0.2, 0.25) is 0 Å². The second-order valence-corrected chi connectivity index (χ2v) is 7.74. The number of carbonyl (C=O) groups excluding carboxylic acids is 1. The van der Waals surface area contributed by atoms with Crippen LogP contribution in [-0.2, 0) is 11.4 Å². The van der Waals surface area contributed by atoms with Crippen LogP contribution in [0.4, 0.5) is 4.39 Å². The van der Waals surface area contributed by atoms with Gasteiger partial charge in [-0.3, -0.25) is 4.79 Å². The summed E-state index contributed by atoms with van der Waals surface area (Å²) in [5.41, 5.74) is 2.34. The molecule has 0 spiro atoms. The van der Waals surface area contributed by atoms with E-state index in [9.17, 15) is 14.4 Å². The van der Waals surface area contributed by atoms with E-state index >= 15 is 0 Å². The van der Waals surface area contributed by atoms with E-state index in [4.69, 9.17) is 4.74 Å². The second kappa shape index (κ2) is 10.6. The molecule has 0 radical (unpaired) electrons. The SMILES string of the molecule is C[C@H](NC(=O)/C(C#N)=C\c1ccc(OCc2cccc(F)c2)c(Br)c1)c1ccccc1. The van der Waals surface area contributed by atoms with Crippen LogP contribution in [0.2, 0.25) is 0 Å². The molecule has 31 heavy (non-hydrogen) atoms. The summed E-state index contributed by atoms with van der Waals surface area (Å²) in [5, 5.41) is 12.3. The minimum absolute atomic E-state index is 0.00288. The van der Waals surface area contributed by atoms with E-state index in [0.29, 0.717) is 21.3 Å². The first-order valence-electron chi connectivity index (χ1n) is 9.60. The molecule has 0 aliphatic rings. The van der Waals surface area contributed by atoms with Crippen LogP contribution in [0.1, 0.15) is 29.7 Å². The number of benzene rings is 3. The summed E-state index contributed by atoms with van der Waals surface area (Å²) in [4.78, 5) is 12.5. The first-order chi connectivity index (χ1) is 15.0. The van der Waals surface area contributed by atoms with Gasteiger partial charge in [-0.25, -0.2) is 4.39 Å². The number of nitrogens with one attached hydrogen (secondary N) is 1. The maximum absolute atomic E-state index is 13.3. The molecule has 0 heterocycles. The summed E-state index contributed by atoms with van der Waals surface area (Å²) in [7, 11) is 0. The van der Waals surface area contributed by atoms with Crippen molar-refractivity contribution in [2.24, 2.45) is 0 Å². The molecule has 3 aromatic rings. The lowest BCUT2D eigenvalue weighted by atomic mass is 10.1. The molecule has 3 rings (SSSR count). The van der Waals surface area contributed by atoms with Crippen LogP contribution in [0.3, 0.4) is 0 Å². The van der Waals surface area contributed by atoms with Gasteiger partial charge in [-0.05, 0) is 69.9 Å². The van der Waals surface area contributed by atoms with Crippen LogP contribution in [0, 0.1) is 17.1 Å². The van der Waals surface area contributed by atoms with Crippen LogP contribution in [0.15, 0.2) is 82.8 Å². The number of carbonyl (C=O) groups is 1. The lowest BCUT2D eigenvalue weighted by Gasteiger charge is -2.14. The molecule has 1 amide bonds. The maximum Gasteiger partial charge on any atom is 0.262 e. The van der Waals surface area contributed by atoms with Crippen LogP contribution in [-0.4, -0.2) is 5.91 Å². The third-order valence-electron chi connectivity index (χ3n) is 4.56. The fourth-order valence-corrected chi connectivity index (χ4v) is 3.44. The Morgan fingerprint density at radius 2 is 1.94 bits per heavy atom. The predicted octanol–water partition coefficient (Wildman–Crippen LogP) is 5.95. The third kappa shape index (κ3) is 6.27. The van der Waals surface area contributed by atoms with Crippen LogP contribution < -0.4 is 10.1 Å². The molecule has 0 aliphatic heterocycles. The van der Waals surface area contributed by atoms with Crippen molar-refractivity contribution in [2.75, 3.05) is 0 Å². The van der Waals surface area contributed by atoms with Crippen molar-refractivity contribution in [3.05, 3.63) is 105 Å². The summed E-state index contributed by atoms with van der Waals surface area (Å²) in [6, 6.07) is 22.7. The smallest absolute Gasteiger partial charge is 0.262 e. The standard InChI is InChI=1S/C25H20BrFN2O2/c1-17(20-7-3-2-4-8-20)29-25(30)21(15-28)12-18-10-11-24(23(26)14-18)31-16-19-6-5-9-22(27)13-19/h2-14,17H,16H2,1H3,(H,29,30)/b21-12-/t17-/m0/s1. The quantitative estimate of drug-likeness (QED) is 0.337. The molecule has 0 unspecified atom stereocenters. The normalized spacial score (nSPS) is 12.0. The molecule has 0 fully saturated rings. The van der Waals surface area contributed by atoms with Crippen molar-refractivity contribution in [1.29, 1.82) is 5.26 Å². The largest absolute Gasteiger partial charge is 0.488 e. The predicted molar refractivity (Wildman–Crippen MR) is 121 cm³/mol. The van der Waals surface area contributed by atoms with Crippen LogP contribution in [0.25, 0.3) is 6.08 Å². The van der Waals surface area contributed by atoms with Gasteiger partial charge in [-0.2, -0.15) is 5.26 Å². The number of nitriles is 1. The molecule has 0 saturated carbocycles. The summed E-state index contributed by atoms with van der Waals surface area (Å²) in [5.74, 6) is -0.187. The molecule has 0 bridgehead atoms. The summed E-state index contributed by atoms with van der Waals surface area (Å²) in [6.07, 6.45) is 1.52. The van der Waals surface area contributed by atoms with E-state index in [1.54, 1.807) is 30.3 Å². The Bertz CT molecular complexity index is 1140. The van der Waals surface area contributed by atoms with E-state index in [1.165, 1.54) is 18.2 Å². The monoisotopic (exact) mass is 478 g/mol. The van der Waals surface area contributed by atoms with Gasteiger partial charge >= 0.3 is 0 Å². The number of nitrogens with zero attached hydrogens (tertiary/aromatic N) is 1. The Morgan fingerprint density at radius 1 is 1.16 bits per heavy atom. The van der Waals surface area contributed by atoms with Gasteiger partial charge in [0.1, 0.15) is 29.8 Å². The van der Waals surface area contributed by atoms with Crippen LogP contribution >= 0.6 is 15.9 Å². The summed E-state index contributed by atoms with van der Waals surface area (Å²) in [6.45, 7) is 2.08. The number of rotatable bonds is 7. The van der Waals surface area contributed by atoms with Gasteiger partial charge < -0.3 is 10.1 Å². The molecule has 1 atom stereocenters. The summed E-state index contributed by atoms with van der Waals surface area (Å²) < 4.78 is 19.7. The molecule has 6 heteroatoms. The number of ether oxygens (including phenoxy) is 1. The lowest BCUT2D eigenvalue weighted by Crippen LogP contribution is -2.27. The van der Waals surface area contributed by atoms with E-state index in [-0.39, 0.29) is 24.0 Å². The highest BCUT2D eigenvalue weighted by Gasteiger charge is 2.14. The fourth-order valence-electron chi connectivity index (χ4n) is 2.93.